The maximum atomic E-state index is 10.3. The summed E-state index contributed by atoms with van der Waals surface area (Å²) in [5.74, 6) is -0.911. The van der Waals surface area contributed by atoms with Crippen LogP contribution in [0.2, 0.25) is 0 Å². The van der Waals surface area contributed by atoms with Crippen LogP contribution in [0.3, 0.4) is 0 Å². The van der Waals surface area contributed by atoms with Gasteiger partial charge in [0.1, 0.15) is 0 Å². The molecule has 2 N–H and O–H groups in total. The van der Waals surface area contributed by atoms with Crippen molar-refractivity contribution in [2.45, 2.75) is 26.4 Å². The molecule has 1 rings (SSSR count). The number of carboxylic acids is 1. The minimum atomic E-state index is -0.911. The third kappa shape index (κ3) is 3.64. The highest BCUT2D eigenvalue weighted by Crippen LogP contribution is 2.28. The monoisotopic (exact) mass is 213 g/mol. The van der Waals surface area contributed by atoms with Crippen molar-refractivity contribution >= 4 is 5.97 Å². The topological polar surface area (TPSA) is 60.8 Å². The van der Waals surface area contributed by atoms with E-state index in [2.05, 4.69) is 4.90 Å². The molecule has 0 aromatic carbocycles. The number of likely N-dealkylation sites (tertiary alicyclic amines) is 1. The Morgan fingerprint density at radius 3 is 2.80 bits per heavy atom. The van der Waals surface area contributed by atoms with E-state index in [9.17, 15) is 9.90 Å². The Bertz CT molecular complexity index is 261. The van der Waals surface area contributed by atoms with Crippen molar-refractivity contribution < 1.29 is 15.0 Å². The minimum absolute atomic E-state index is 0.102. The van der Waals surface area contributed by atoms with Crippen LogP contribution in [0.4, 0.5) is 0 Å². The van der Waals surface area contributed by atoms with Crippen LogP contribution in [-0.4, -0.2) is 46.8 Å². The predicted octanol–water partition coefficient (Wildman–Crippen LogP) is 0.720. The molecule has 0 amide bonds. The van der Waals surface area contributed by atoms with Gasteiger partial charge in [-0.3, -0.25) is 4.90 Å². The molecule has 1 atom stereocenters. The van der Waals surface area contributed by atoms with E-state index < -0.39 is 5.97 Å². The van der Waals surface area contributed by atoms with Crippen LogP contribution in [0, 0.1) is 5.41 Å². The maximum absolute atomic E-state index is 10.3. The van der Waals surface area contributed by atoms with Crippen molar-refractivity contribution in [1.29, 1.82) is 0 Å². The lowest BCUT2D eigenvalue weighted by molar-refractivity contribution is -0.131. The maximum Gasteiger partial charge on any atom is 0.328 e. The second-order valence-electron chi connectivity index (χ2n) is 4.77. The smallest absolute Gasteiger partial charge is 0.328 e. The predicted molar refractivity (Wildman–Crippen MR) is 57.6 cm³/mol. The number of aliphatic hydroxyl groups excluding tert-OH is 1. The largest absolute Gasteiger partial charge is 0.478 e. The second kappa shape index (κ2) is 4.77. The fourth-order valence-corrected chi connectivity index (χ4v) is 1.91. The molecule has 0 saturated carbocycles. The molecule has 86 valence electrons. The van der Waals surface area contributed by atoms with Gasteiger partial charge in [0.05, 0.1) is 6.10 Å². The van der Waals surface area contributed by atoms with Crippen LogP contribution in [0.25, 0.3) is 0 Å². The lowest BCUT2D eigenvalue weighted by Gasteiger charge is -2.41. The molecule has 0 bridgehead atoms. The lowest BCUT2D eigenvalue weighted by atomic mass is 9.81. The molecule has 4 nitrogen and oxygen atoms in total. The highest BCUT2D eigenvalue weighted by molar-refractivity contribution is 5.79. The fourth-order valence-electron chi connectivity index (χ4n) is 1.91. The van der Waals surface area contributed by atoms with Crippen LogP contribution in [0.5, 0.6) is 0 Å². The average molecular weight is 213 g/mol. The number of aliphatic carboxylic acids is 1. The number of nitrogens with zero attached hydrogens (tertiary/aromatic N) is 1. The average Bonchev–Trinajstić information content (AvgIpc) is 2.10. The lowest BCUT2D eigenvalue weighted by Crippen LogP contribution is -2.48. The molecule has 0 radical (unpaired) electrons. The first-order valence-electron chi connectivity index (χ1n) is 5.22. The molecular weight excluding hydrogens is 194 g/mol. The van der Waals surface area contributed by atoms with Gasteiger partial charge in [-0.15, -0.1) is 0 Å². The van der Waals surface area contributed by atoms with Gasteiger partial charge in [-0.05, 0) is 6.42 Å². The van der Waals surface area contributed by atoms with Crippen molar-refractivity contribution in [2.24, 2.45) is 5.41 Å². The van der Waals surface area contributed by atoms with Gasteiger partial charge in [-0.2, -0.15) is 0 Å². The molecule has 1 saturated heterocycles. The Hall–Kier alpha value is -0.870. The Balaban J connectivity index is 2.42. The van der Waals surface area contributed by atoms with Gasteiger partial charge in [0.25, 0.3) is 0 Å². The quantitative estimate of drug-likeness (QED) is 0.678. The van der Waals surface area contributed by atoms with E-state index in [4.69, 9.17) is 5.11 Å². The SMILES string of the molecule is CC1(C)CN(CC=CC(=O)O)CCC1O. The van der Waals surface area contributed by atoms with Crippen LogP contribution in [0.15, 0.2) is 12.2 Å². The van der Waals surface area contributed by atoms with E-state index in [-0.39, 0.29) is 11.5 Å². The summed E-state index contributed by atoms with van der Waals surface area (Å²) >= 11 is 0. The fraction of sp³-hybridized carbons (Fsp3) is 0.727. The highest BCUT2D eigenvalue weighted by atomic mass is 16.4. The molecule has 1 aliphatic rings. The van der Waals surface area contributed by atoms with E-state index in [1.165, 1.54) is 0 Å². The van der Waals surface area contributed by atoms with Gasteiger partial charge >= 0.3 is 5.97 Å². The summed E-state index contributed by atoms with van der Waals surface area (Å²) in [6, 6.07) is 0. The number of piperidine rings is 1. The highest BCUT2D eigenvalue weighted by Gasteiger charge is 2.33. The number of rotatable bonds is 3. The Labute approximate surface area is 90.2 Å². The van der Waals surface area contributed by atoms with Crippen molar-refractivity contribution in [3.63, 3.8) is 0 Å². The molecule has 15 heavy (non-hydrogen) atoms. The minimum Gasteiger partial charge on any atom is -0.478 e. The van der Waals surface area contributed by atoms with Gasteiger partial charge in [0, 0.05) is 31.1 Å². The summed E-state index contributed by atoms with van der Waals surface area (Å²) in [4.78, 5) is 12.4. The summed E-state index contributed by atoms with van der Waals surface area (Å²) in [7, 11) is 0. The third-order valence-corrected chi connectivity index (χ3v) is 2.88. The standard InChI is InChI=1S/C11H19NO3/c1-11(2)8-12(7-5-9(11)13)6-3-4-10(14)15/h3-4,9,13H,5-8H2,1-2H3,(H,14,15). The number of carbonyl (C=O) groups is 1. The van der Waals surface area contributed by atoms with Crippen LogP contribution in [-0.2, 0) is 4.79 Å². The molecule has 1 fully saturated rings. The summed E-state index contributed by atoms with van der Waals surface area (Å²) in [5.41, 5.74) is -0.102. The molecule has 0 spiro atoms. The van der Waals surface area contributed by atoms with Gasteiger partial charge in [-0.25, -0.2) is 4.79 Å². The summed E-state index contributed by atoms with van der Waals surface area (Å²) < 4.78 is 0. The van der Waals surface area contributed by atoms with Crippen molar-refractivity contribution in [1.82, 2.24) is 4.90 Å². The van der Waals surface area contributed by atoms with Crippen molar-refractivity contribution in [2.75, 3.05) is 19.6 Å². The second-order valence-corrected chi connectivity index (χ2v) is 4.77. The molecule has 0 aromatic heterocycles. The first-order valence-corrected chi connectivity index (χ1v) is 5.22. The number of aliphatic hydroxyl groups is 1. The van der Waals surface area contributed by atoms with E-state index in [1.807, 2.05) is 13.8 Å². The first kappa shape index (κ1) is 12.2. The zero-order valence-electron chi connectivity index (χ0n) is 9.31. The van der Waals surface area contributed by atoms with Gasteiger partial charge in [0.2, 0.25) is 0 Å². The number of carboxylic acid groups (broad SMARTS) is 1. The van der Waals surface area contributed by atoms with Gasteiger partial charge in [-0.1, -0.05) is 19.9 Å². The van der Waals surface area contributed by atoms with E-state index in [1.54, 1.807) is 6.08 Å². The number of hydrogen-bond acceptors (Lipinski definition) is 3. The summed E-state index contributed by atoms with van der Waals surface area (Å²) in [6.07, 6.45) is 3.32. The first-order chi connectivity index (χ1) is 6.92. The van der Waals surface area contributed by atoms with Crippen molar-refractivity contribution in [3.05, 3.63) is 12.2 Å². The molecule has 1 heterocycles. The van der Waals surface area contributed by atoms with E-state index >= 15 is 0 Å². The molecule has 0 aliphatic carbocycles. The Morgan fingerprint density at radius 1 is 1.60 bits per heavy atom. The zero-order chi connectivity index (χ0) is 11.5. The molecule has 1 aliphatic heterocycles. The Kier molecular flexibility index (Phi) is 3.88. The van der Waals surface area contributed by atoms with Gasteiger partial charge < -0.3 is 10.2 Å². The molecular formula is C11H19NO3. The van der Waals surface area contributed by atoms with E-state index in [0.29, 0.717) is 6.54 Å². The Morgan fingerprint density at radius 2 is 2.27 bits per heavy atom. The normalized spacial score (nSPS) is 27.0. The summed E-state index contributed by atoms with van der Waals surface area (Å²) in [6.45, 7) is 6.34. The van der Waals surface area contributed by atoms with E-state index in [0.717, 1.165) is 25.6 Å². The zero-order valence-corrected chi connectivity index (χ0v) is 9.31. The van der Waals surface area contributed by atoms with Crippen LogP contribution < -0.4 is 0 Å². The molecule has 4 heteroatoms. The van der Waals surface area contributed by atoms with Crippen LogP contribution in [0.1, 0.15) is 20.3 Å². The summed E-state index contributed by atoms with van der Waals surface area (Å²) in [5, 5.41) is 18.2. The third-order valence-electron chi connectivity index (χ3n) is 2.88. The molecule has 1 unspecified atom stereocenters. The van der Waals surface area contributed by atoms with Gasteiger partial charge in [0.15, 0.2) is 0 Å². The molecule has 0 aromatic rings. The number of hydrogen-bond donors (Lipinski definition) is 2. The van der Waals surface area contributed by atoms with Crippen molar-refractivity contribution in [3.8, 4) is 0 Å². The van der Waals surface area contributed by atoms with Crippen LogP contribution >= 0.6 is 0 Å².